The van der Waals surface area contributed by atoms with Crippen LogP contribution in [-0.2, 0) is 0 Å². The van der Waals surface area contributed by atoms with Crippen molar-refractivity contribution in [3.05, 3.63) is 58.1 Å². The molecule has 0 spiro atoms. The number of Topliss-reactive ketones (excluding diaryl/α,β-unsaturated/α-hetero) is 2. The smallest absolute Gasteiger partial charge is 0.165 e. The number of hydrogen-bond acceptors (Lipinski definition) is 4. The fourth-order valence-electron chi connectivity index (χ4n) is 2.83. The first kappa shape index (κ1) is 18.6. The highest BCUT2D eigenvalue weighted by atomic mass is 35.5. The van der Waals surface area contributed by atoms with Gasteiger partial charge >= 0.3 is 0 Å². The topological polar surface area (TPSA) is 34.1 Å². The van der Waals surface area contributed by atoms with Gasteiger partial charge < -0.3 is 0 Å². The zero-order chi connectivity index (χ0) is 18.0. The summed E-state index contributed by atoms with van der Waals surface area (Å²) in [4.78, 5) is 25.2. The zero-order valence-corrected chi connectivity index (χ0v) is 16.6. The molecule has 0 saturated heterocycles. The van der Waals surface area contributed by atoms with E-state index in [0.29, 0.717) is 28.9 Å². The summed E-state index contributed by atoms with van der Waals surface area (Å²) < 4.78 is 0. The van der Waals surface area contributed by atoms with Gasteiger partial charge in [-0.1, -0.05) is 30.2 Å². The van der Waals surface area contributed by atoms with Gasteiger partial charge in [0.05, 0.1) is 0 Å². The summed E-state index contributed by atoms with van der Waals surface area (Å²) in [5.74, 6) is 1.45. The summed E-state index contributed by atoms with van der Waals surface area (Å²) in [6.07, 6.45) is 1.32. The van der Waals surface area contributed by atoms with Crippen molar-refractivity contribution >= 4 is 46.7 Å². The predicted molar refractivity (Wildman–Crippen MR) is 107 cm³/mol. The standard InChI is InChI=1S/C10H9ClOS.C10H10OS/c1-6-4-9(12)8-5-7(11)2-3-10(8)13-6;1-7-2-3-10-8(6-7)9(11)4-5-12-10/h2-3,5-6H,4H2,1H3;2-3,6H,4-5H2,1H3. The number of rotatable bonds is 0. The van der Waals surface area contributed by atoms with Crippen LogP contribution in [0.1, 0.15) is 46.0 Å². The Morgan fingerprint density at radius 2 is 1.72 bits per heavy atom. The van der Waals surface area contributed by atoms with Gasteiger partial charge in [0.1, 0.15) is 0 Å². The summed E-state index contributed by atoms with van der Waals surface area (Å²) in [5, 5.41) is 1.03. The molecule has 5 heteroatoms. The predicted octanol–water partition coefficient (Wildman–Crippen LogP) is 6.08. The average molecular weight is 391 g/mol. The van der Waals surface area contributed by atoms with Crippen molar-refractivity contribution < 1.29 is 9.59 Å². The molecule has 0 bridgehead atoms. The van der Waals surface area contributed by atoms with E-state index in [4.69, 9.17) is 11.6 Å². The minimum absolute atomic E-state index is 0.212. The lowest BCUT2D eigenvalue weighted by atomic mass is 10.1. The molecular weight excluding hydrogens is 372 g/mol. The first-order valence-electron chi connectivity index (χ1n) is 8.20. The molecule has 130 valence electrons. The summed E-state index contributed by atoms with van der Waals surface area (Å²) >= 11 is 9.34. The molecule has 2 nitrogen and oxygen atoms in total. The van der Waals surface area contributed by atoms with Gasteiger partial charge in [0.25, 0.3) is 0 Å². The largest absolute Gasteiger partial charge is 0.294 e. The molecule has 2 aromatic carbocycles. The third-order valence-electron chi connectivity index (χ3n) is 4.07. The second-order valence-electron chi connectivity index (χ2n) is 6.22. The van der Waals surface area contributed by atoms with Crippen LogP contribution >= 0.6 is 35.1 Å². The Bertz CT molecular complexity index is 832. The molecule has 0 aliphatic carbocycles. The Balaban J connectivity index is 0.000000146. The van der Waals surface area contributed by atoms with E-state index in [0.717, 1.165) is 26.7 Å². The average Bonchev–Trinajstić information content (AvgIpc) is 2.57. The van der Waals surface area contributed by atoms with Crippen LogP contribution in [0.4, 0.5) is 0 Å². The fraction of sp³-hybridized carbons (Fsp3) is 0.300. The Labute approximate surface area is 161 Å². The molecule has 0 N–H and O–H groups in total. The van der Waals surface area contributed by atoms with Crippen LogP contribution in [0.2, 0.25) is 5.02 Å². The van der Waals surface area contributed by atoms with Crippen LogP contribution in [0, 0.1) is 6.92 Å². The Hall–Kier alpha value is -1.23. The molecule has 0 radical (unpaired) electrons. The number of benzene rings is 2. The highest BCUT2D eigenvalue weighted by Crippen LogP contribution is 2.36. The van der Waals surface area contributed by atoms with E-state index in [-0.39, 0.29) is 5.78 Å². The quantitative estimate of drug-likeness (QED) is 0.545. The van der Waals surface area contributed by atoms with Gasteiger partial charge in [0, 0.05) is 49.8 Å². The maximum absolute atomic E-state index is 11.6. The molecule has 2 aliphatic rings. The highest BCUT2D eigenvalue weighted by Gasteiger charge is 2.22. The first-order valence-corrected chi connectivity index (χ1v) is 10.4. The molecule has 0 fully saturated rings. The summed E-state index contributed by atoms with van der Waals surface area (Å²) in [7, 11) is 0. The zero-order valence-electron chi connectivity index (χ0n) is 14.2. The van der Waals surface area contributed by atoms with E-state index in [1.165, 1.54) is 5.56 Å². The van der Waals surface area contributed by atoms with E-state index in [2.05, 4.69) is 13.0 Å². The van der Waals surface area contributed by atoms with Gasteiger partial charge in [-0.05, 0) is 37.3 Å². The van der Waals surface area contributed by atoms with Gasteiger partial charge in [-0.3, -0.25) is 9.59 Å². The van der Waals surface area contributed by atoms with Gasteiger partial charge in [-0.2, -0.15) is 0 Å². The molecule has 25 heavy (non-hydrogen) atoms. The SMILES string of the molecule is CC1CC(=O)c2cc(Cl)ccc2S1.Cc1ccc2c(c1)C(=O)CCS2. The first-order chi connectivity index (χ1) is 11.9. The number of ketones is 2. The van der Waals surface area contributed by atoms with Gasteiger partial charge in [-0.25, -0.2) is 0 Å². The lowest BCUT2D eigenvalue weighted by Crippen LogP contribution is -2.14. The highest BCUT2D eigenvalue weighted by molar-refractivity contribution is 8.00. The van der Waals surface area contributed by atoms with E-state index in [1.54, 1.807) is 29.6 Å². The number of thioether (sulfide) groups is 2. The number of hydrogen-bond donors (Lipinski definition) is 0. The number of carbonyl (C=O) groups is 2. The van der Waals surface area contributed by atoms with E-state index >= 15 is 0 Å². The number of carbonyl (C=O) groups excluding carboxylic acids is 2. The molecule has 2 aromatic rings. The van der Waals surface area contributed by atoms with Gasteiger partial charge in [0.2, 0.25) is 0 Å². The lowest BCUT2D eigenvalue weighted by molar-refractivity contribution is 0.0973. The number of fused-ring (bicyclic) bond motifs is 2. The maximum atomic E-state index is 11.6. The van der Waals surface area contributed by atoms with E-state index < -0.39 is 0 Å². The van der Waals surface area contributed by atoms with Crippen LogP contribution in [0.15, 0.2) is 46.2 Å². The second-order valence-corrected chi connectivity index (χ2v) is 9.27. The van der Waals surface area contributed by atoms with Crippen molar-refractivity contribution in [1.82, 2.24) is 0 Å². The number of halogens is 1. The van der Waals surface area contributed by atoms with Crippen molar-refractivity contribution in [2.24, 2.45) is 0 Å². The van der Waals surface area contributed by atoms with Gasteiger partial charge in [-0.15, -0.1) is 23.5 Å². The van der Waals surface area contributed by atoms with Crippen molar-refractivity contribution in [3.8, 4) is 0 Å². The number of aryl methyl sites for hydroxylation is 1. The van der Waals surface area contributed by atoms with Crippen LogP contribution in [0.5, 0.6) is 0 Å². The Kier molecular flexibility index (Phi) is 5.92. The molecule has 2 heterocycles. The summed E-state index contributed by atoms with van der Waals surface area (Å²) in [6.45, 7) is 4.09. The normalized spacial score (nSPS) is 18.8. The molecule has 0 saturated carbocycles. The van der Waals surface area contributed by atoms with Crippen molar-refractivity contribution in [1.29, 1.82) is 0 Å². The molecule has 1 unspecified atom stereocenters. The van der Waals surface area contributed by atoms with Crippen LogP contribution in [0.25, 0.3) is 0 Å². The monoisotopic (exact) mass is 390 g/mol. The molecule has 4 rings (SSSR count). The van der Waals surface area contributed by atoms with Crippen LogP contribution in [0.3, 0.4) is 0 Å². The maximum Gasteiger partial charge on any atom is 0.165 e. The van der Waals surface area contributed by atoms with Crippen LogP contribution < -0.4 is 0 Å². The van der Waals surface area contributed by atoms with Crippen LogP contribution in [-0.4, -0.2) is 22.6 Å². The third kappa shape index (κ3) is 4.49. The molecule has 2 aliphatic heterocycles. The Morgan fingerprint density at radius 1 is 1.00 bits per heavy atom. The van der Waals surface area contributed by atoms with Gasteiger partial charge in [0.15, 0.2) is 11.6 Å². The Morgan fingerprint density at radius 3 is 2.52 bits per heavy atom. The molecular formula is C20H19ClO2S2. The third-order valence-corrected chi connectivity index (χ3v) is 6.55. The molecule has 1 atom stereocenters. The van der Waals surface area contributed by atoms with Crippen molar-refractivity contribution in [3.63, 3.8) is 0 Å². The minimum Gasteiger partial charge on any atom is -0.294 e. The van der Waals surface area contributed by atoms with E-state index in [9.17, 15) is 9.59 Å². The molecule has 0 aromatic heterocycles. The van der Waals surface area contributed by atoms with Crippen molar-refractivity contribution in [2.45, 2.75) is 41.7 Å². The summed E-state index contributed by atoms with van der Waals surface area (Å²) in [5.41, 5.74) is 2.88. The van der Waals surface area contributed by atoms with Crippen molar-refractivity contribution in [2.75, 3.05) is 5.75 Å². The fourth-order valence-corrected chi connectivity index (χ4v) is 5.11. The lowest BCUT2D eigenvalue weighted by Gasteiger charge is -2.19. The minimum atomic E-state index is 0.212. The second kappa shape index (κ2) is 7.98. The van der Waals surface area contributed by atoms with E-state index in [1.807, 2.05) is 31.2 Å². The summed E-state index contributed by atoms with van der Waals surface area (Å²) in [6, 6.07) is 11.6. The molecule has 0 amide bonds.